The molecule has 0 saturated heterocycles. The molecule has 0 aromatic carbocycles. The molecule has 1 atom stereocenters. The average molecular weight is 194 g/mol. The molecule has 0 bridgehead atoms. The van der Waals surface area contributed by atoms with Crippen LogP contribution in [0, 0.1) is 22.7 Å². The van der Waals surface area contributed by atoms with Crippen molar-refractivity contribution in [1.82, 2.24) is 5.32 Å². The first-order chi connectivity index (χ1) is 6.55. The Hall–Kier alpha value is -0.550. The highest BCUT2D eigenvalue weighted by Crippen LogP contribution is 2.32. The lowest BCUT2D eigenvalue weighted by molar-refractivity contribution is 0.296. The predicted octanol–water partition coefficient (Wildman–Crippen LogP) is 2.70. The lowest BCUT2D eigenvalue weighted by atomic mass is 9.87. The summed E-state index contributed by atoms with van der Waals surface area (Å²) in [4.78, 5) is 0. The number of hydrogen-bond acceptors (Lipinski definition) is 2. The zero-order valence-corrected chi connectivity index (χ0v) is 9.64. The van der Waals surface area contributed by atoms with E-state index in [-0.39, 0.29) is 5.41 Å². The molecule has 80 valence electrons. The third kappa shape index (κ3) is 4.11. The molecule has 1 rings (SSSR count). The first-order valence-corrected chi connectivity index (χ1v) is 5.65. The van der Waals surface area contributed by atoms with Gasteiger partial charge in [-0.15, -0.1) is 0 Å². The van der Waals surface area contributed by atoms with Gasteiger partial charge in [-0.05, 0) is 37.5 Å². The Morgan fingerprint density at radius 2 is 2.14 bits per heavy atom. The van der Waals surface area contributed by atoms with Crippen molar-refractivity contribution >= 4 is 0 Å². The quantitative estimate of drug-likeness (QED) is 0.705. The van der Waals surface area contributed by atoms with Crippen LogP contribution in [-0.4, -0.2) is 12.6 Å². The van der Waals surface area contributed by atoms with Crippen LogP contribution in [0.2, 0.25) is 0 Å². The van der Waals surface area contributed by atoms with Crippen molar-refractivity contribution in [2.24, 2.45) is 11.3 Å². The minimum absolute atomic E-state index is 0.263. The van der Waals surface area contributed by atoms with Gasteiger partial charge >= 0.3 is 0 Å². The highest BCUT2D eigenvalue weighted by atomic mass is 14.9. The second kappa shape index (κ2) is 4.79. The van der Waals surface area contributed by atoms with Crippen molar-refractivity contribution in [2.75, 3.05) is 6.54 Å². The molecule has 0 heterocycles. The molecule has 1 fully saturated rings. The zero-order valence-electron chi connectivity index (χ0n) is 9.64. The third-order valence-corrected chi connectivity index (χ3v) is 3.15. The molecular weight excluding hydrogens is 172 g/mol. The van der Waals surface area contributed by atoms with E-state index in [1.807, 2.05) is 0 Å². The summed E-state index contributed by atoms with van der Waals surface area (Å²) in [5, 5.41) is 12.1. The maximum absolute atomic E-state index is 8.53. The molecule has 2 heteroatoms. The minimum Gasteiger partial charge on any atom is -0.313 e. The number of nitriles is 1. The van der Waals surface area contributed by atoms with E-state index in [1.54, 1.807) is 0 Å². The van der Waals surface area contributed by atoms with Gasteiger partial charge in [0.15, 0.2) is 0 Å². The van der Waals surface area contributed by atoms with Gasteiger partial charge in [0, 0.05) is 19.0 Å². The normalized spacial score (nSPS) is 19.0. The van der Waals surface area contributed by atoms with Crippen LogP contribution in [0.4, 0.5) is 0 Å². The average Bonchev–Trinajstić information content (AvgIpc) is 2.94. The molecule has 0 aliphatic heterocycles. The second-order valence-corrected chi connectivity index (χ2v) is 5.33. The van der Waals surface area contributed by atoms with Gasteiger partial charge in [0.05, 0.1) is 6.07 Å². The van der Waals surface area contributed by atoms with Crippen LogP contribution in [-0.2, 0) is 0 Å². The number of nitrogens with zero attached hydrogens (tertiary/aromatic N) is 1. The molecule has 2 nitrogen and oxygen atoms in total. The van der Waals surface area contributed by atoms with Crippen molar-refractivity contribution in [3.8, 4) is 6.07 Å². The Morgan fingerprint density at radius 1 is 1.50 bits per heavy atom. The number of hydrogen-bond donors (Lipinski definition) is 1. The van der Waals surface area contributed by atoms with Gasteiger partial charge < -0.3 is 5.32 Å². The molecule has 0 aromatic rings. The van der Waals surface area contributed by atoms with Crippen molar-refractivity contribution in [3.63, 3.8) is 0 Å². The van der Waals surface area contributed by atoms with Crippen LogP contribution in [0.1, 0.15) is 46.5 Å². The number of rotatable bonds is 6. The standard InChI is InChI=1S/C12H22N2/c1-10(11-5-6-11)14-9-12(2,3)7-4-8-13/h10-11,14H,4-7,9H2,1-3H3. The third-order valence-electron chi connectivity index (χ3n) is 3.15. The van der Waals surface area contributed by atoms with Gasteiger partial charge in [-0.3, -0.25) is 0 Å². The summed E-state index contributed by atoms with van der Waals surface area (Å²) in [5.74, 6) is 0.918. The summed E-state index contributed by atoms with van der Waals surface area (Å²) in [6, 6.07) is 2.88. The van der Waals surface area contributed by atoms with Crippen LogP contribution in [0.5, 0.6) is 0 Å². The summed E-state index contributed by atoms with van der Waals surface area (Å²) in [5.41, 5.74) is 0.263. The maximum Gasteiger partial charge on any atom is 0.0621 e. The van der Waals surface area contributed by atoms with Gasteiger partial charge in [0.1, 0.15) is 0 Å². The predicted molar refractivity (Wildman–Crippen MR) is 58.8 cm³/mol. The Bertz CT molecular complexity index is 211. The van der Waals surface area contributed by atoms with Gasteiger partial charge in [-0.25, -0.2) is 0 Å². The van der Waals surface area contributed by atoms with Crippen molar-refractivity contribution in [1.29, 1.82) is 5.26 Å². The van der Waals surface area contributed by atoms with E-state index >= 15 is 0 Å². The van der Waals surface area contributed by atoms with E-state index in [0.717, 1.165) is 18.9 Å². The summed E-state index contributed by atoms with van der Waals surface area (Å²) in [6.45, 7) is 7.78. The van der Waals surface area contributed by atoms with E-state index in [4.69, 9.17) is 5.26 Å². The first-order valence-electron chi connectivity index (χ1n) is 5.65. The van der Waals surface area contributed by atoms with E-state index in [9.17, 15) is 0 Å². The zero-order chi connectivity index (χ0) is 10.6. The molecular formula is C12H22N2. The SMILES string of the molecule is CC(NCC(C)(C)CCC#N)C1CC1. The molecule has 14 heavy (non-hydrogen) atoms. The summed E-state index contributed by atoms with van der Waals surface area (Å²) < 4.78 is 0. The molecule has 0 aromatic heterocycles. The first kappa shape index (κ1) is 11.5. The highest BCUT2D eigenvalue weighted by Gasteiger charge is 2.28. The van der Waals surface area contributed by atoms with Gasteiger partial charge in [-0.1, -0.05) is 13.8 Å². The molecule has 1 unspecified atom stereocenters. The van der Waals surface area contributed by atoms with E-state index in [0.29, 0.717) is 12.5 Å². The lowest BCUT2D eigenvalue weighted by Gasteiger charge is -2.26. The molecule has 1 aliphatic carbocycles. The molecule has 1 saturated carbocycles. The molecule has 0 spiro atoms. The van der Waals surface area contributed by atoms with E-state index in [2.05, 4.69) is 32.2 Å². The molecule has 1 aliphatic rings. The number of nitrogens with one attached hydrogen (secondary N) is 1. The van der Waals surface area contributed by atoms with Gasteiger partial charge in [0.25, 0.3) is 0 Å². The van der Waals surface area contributed by atoms with Crippen LogP contribution in [0.15, 0.2) is 0 Å². The Balaban J connectivity index is 2.17. The van der Waals surface area contributed by atoms with Gasteiger partial charge in [0.2, 0.25) is 0 Å². The largest absolute Gasteiger partial charge is 0.313 e. The van der Waals surface area contributed by atoms with Crippen LogP contribution >= 0.6 is 0 Å². The summed E-state index contributed by atoms with van der Waals surface area (Å²) in [6.07, 6.45) is 4.46. The lowest BCUT2D eigenvalue weighted by Crippen LogP contribution is -2.36. The van der Waals surface area contributed by atoms with Gasteiger partial charge in [-0.2, -0.15) is 5.26 Å². The van der Waals surface area contributed by atoms with Crippen molar-refractivity contribution in [2.45, 2.75) is 52.5 Å². The Labute approximate surface area is 87.7 Å². The molecule has 0 radical (unpaired) electrons. The Kier molecular flexibility index (Phi) is 3.95. The monoisotopic (exact) mass is 194 g/mol. The van der Waals surface area contributed by atoms with Crippen LogP contribution < -0.4 is 5.32 Å². The minimum atomic E-state index is 0.263. The highest BCUT2D eigenvalue weighted by molar-refractivity contribution is 4.86. The van der Waals surface area contributed by atoms with Crippen molar-refractivity contribution in [3.05, 3.63) is 0 Å². The fourth-order valence-electron chi connectivity index (χ4n) is 1.68. The molecule has 1 N–H and O–H groups in total. The smallest absolute Gasteiger partial charge is 0.0621 e. The second-order valence-electron chi connectivity index (χ2n) is 5.33. The maximum atomic E-state index is 8.53. The summed E-state index contributed by atoms with van der Waals surface area (Å²) >= 11 is 0. The Morgan fingerprint density at radius 3 is 2.64 bits per heavy atom. The van der Waals surface area contributed by atoms with E-state index < -0.39 is 0 Å². The molecule has 0 amide bonds. The topological polar surface area (TPSA) is 35.8 Å². The fraction of sp³-hybridized carbons (Fsp3) is 0.917. The fourth-order valence-corrected chi connectivity index (χ4v) is 1.68. The van der Waals surface area contributed by atoms with Crippen molar-refractivity contribution < 1.29 is 0 Å². The summed E-state index contributed by atoms with van der Waals surface area (Å²) in [7, 11) is 0. The van der Waals surface area contributed by atoms with Crippen LogP contribution in [0.3, 0.4) is 0 Å². The van der Waals surface area contributed by atoms with Crippen LogP contribution in [0.25, 0.3) is 0 Å². The van der Waals surface area contributed by atoms with E-state index in [1.165, 1.54) is 12.8 Å².